The lowest BCUT2D eigenvalue weighted by Crippen LogP contribution is -2.12. The van der Waals surface area contributed by atoms with Crippen LogP contribution in [0.4, 0.5) is 10.1 Å². The van der Waals surface area contributed by atoms with E-state index in [-0.39, 0.29) is 16.4 Å². The summed E-state index contributed by atoms with van der Waals surface area (Å²) in [7, 11) is -3.68. The summed E-state index contributed by atoms with van der Waals surface area (Å²) >= 11 is 4.20. The van der Waals surface area contributed by atoms with E-state index in [0.717, 1.165) is 16.9 Å². The second-order valence-corrected chi connectivity index (χ2v) is 7.38. The number of nitrogens with one attached hydrogen (secondary N) is 1. The van der Waals surface area contributed by atoms with E-state index >= 15 is 0 Å². The summed E-state index contributed by atoms with van der Waals surface area (Å²) in [5, 5.41) is 1.69. The molecule has 2 rings (SSSR count). The van der Waals surface area contributed by atoms with E-state index in [0.29, 0.717) is 4.47 Å². The fourth-order valence-corrected chi connectivity index (χ4v) is 4.25. The average Bonchev–Trinajstić information content (AvgIpc) is 2.82. The zero-order valence-electron chi connectivity index (χ0n) is 9.56. The lowest BCUT2D eigenvalue weighted by Gasteiger charge is -2.08. The molecule has 4 nitrogen and oxygen atoms in total. The third-order valence-corrected chi connectivity index (χ3v) is 5.82. The standard InChI is InChI=1S/C11H10BrFN2O2S2/c12-9-4-8(13)1-2-10(9)15-19(16,17)11-3-7(5-14)6-18-11/h1-4,6,15H,5,14H2. The molecule has 0 saturated heterocycles. The van der Waals surface area contributed by atoms with Crippen molar-refractivity contribution in [2.45, 2.75) is 10.8 Å². The molecule has 0 atom stereocenters. The molecule has 0 fully saturated rings. The number of nitrogens with two attached hydrogens (primary N) is 1. The lowest BCUT2D eigenvalue weighted by molar-refractivity contribution is 0.602. The van der Waals surface area contributed by atoms with Crippen LogP contribution >= 0.6 is 27.3 Å². The van der Waals surface area contributed by atoms with Gasteiger partial charge >= 0.3 is 0 Å². The number of benzene rings is 1. The van der Waals surface area contributed by atoms with Crippen LogP contribution in [0.5, 0.6) is 0 Å². The van der Waals surface area contributed by atoms with Gasteiger partial charge in [-0.05, 0) is 51.1 Å². The molecule has 0 spiro atoms. The van der Waals surface area contributed by atoms with Gasteiger partial charge in [-0.2, -0.15) is 0 Å². The molecule has 0 aliphatic heterocycles. The molecule has 0 saturated carbocycles. The van der Waals surface area contributed by atoms with Gasteiger partial charge in [0.15, 0.2) is 0 Å². The second kappa shape index (κ2) is 5.58. The summed E-state index contributed by atoms with van der Waals surface area (Å²) in [6, 6.07) is 5.25. The van der Waals surface area contributed by atoms with Gasteiger partial charge in [-0.15, -0.1) is 11.3 Å². The topological polar surface area (TPSA) is 72.2 Å². The molecule has 1 aromatic carbocycles. The molecule has 0 radical (unpaired) electrons. The zero-order chi connectivity index (χ0) is 14.0. The summed E-state index contributed by atoms with van der Waals surface area (Å²) in [4.78, 5) is 0. The maximum atomic E-state index is 12.9. The van der Waals surface area contributed by atoms with Crippen molar-refractivity contribution in [3.05, 3.63) is 45.5 Å². The first-order valence-corrected chi connectivity index (χ1v) is 8.33. The Balaban J connectivity index is 2.30. The summed E-state index contributed by atoms with van der Waals surface area (Å²) in [6.45, 7) is 0.284. The van der Waals surface area contributed by atoms with Gasteiger partial charge in [-0.25, -0.2) is 12.8 Å². The van der Waals surface area contributed by atoms with Crippen LogP contribution in [0.1, 0.15) is 5.56 Å². The third-order valence-electron chi connectivity index (χ3n) is 2.31. The largest absolute Gasteiger partial charge is 0.326 e. The molecular formula is C11H10BrFN2O2S2. The Kier molecular flexibility index (Phi) is 4.24. The van der Waals surface area contributed by atoms with E-state index in [2.05, 4.69) is 20.7 Å². The summed E-state index contributed by atoms with van der Waals surface area (Å²) in [6.07, 6.45) is 0. The molecule has 1 heterocycles. The predicted octanol–water partition coefficient (Wildman–Crippen LogP) is 2.91. The first-order chi connectivity index (χ1) is 8.92. The zero-order valence-corrected chi connectivity index (χ0v) is 12.8. The van der Waals surface area contributed by atoms with Crippen LogP contribution in [0, 0.1) is 5.82 Å². The van der Waals surface area contributed by atoms with Gasteiger partial charge in [0.1, 0.15) is 10.0 Å². The minimum atomic E-state index is -3.68. The quantitative estimate of drug-likeness (QED) is 0.875. The molecule has 102 valence electrons. The average molecular weight is 365 g/mol. The van der Waals surface area contributed by atoms with E-state index < -0.39 is 15.8 Å². The number of anilines is 1. The van der Waals surface area contributed by atoms with Gasteiger partial charge in [0.25, 0.3) is 10.0 Å². The number of hydrogen-bond acceptors (Lipinski definition) is 4. The lowest BCUT2D eigenvalue weighted by atomic mass is 10.3. The molecule has 1 aromatic heterocycles. The van der Waals surface area contributed by atoms with Crippen LogP contribution in [0.25, 0.3) is 0 Å². The Labute approximate surface area is 122 Å². The fourth-order valence-electron chi connectivity index (χ4n) is 1.37. The van der Waals surface area contributed by atoms with Gasteiger partial charge in [-0.3, -0.25) is 4.72 Å². The summed E-state index contributed by atoms with van der Waals surface area (Å²) in [5.74, 6) is -0.448. The molecule has 3 N–H and O–H groups in total. The highest BCUT2D eigenvalue weighted by atomic mass is 79.9. The Bertz CT molecular complexity index is 700. The SMILES string of the molecule is NCc1csc(S(=O)(=O)Nc2ccc(F)cc2Br)c1. The Hall–Kier alpha value is -0.960. The van der Waals surface area contributed by atoms with Gasteiger partial charge < -0.3 is 5.73 Å². The van der Waals surface area contributed by atoms with Crippen LogP contribution in [0.3, 0.4) is 0 Å². The first-order valence-electron chi connectivity index (χ1n) is 5.18. The Morgan fingerprint density at radius 2 is 2.11 bits per heavy atom. The summed E-state index contributed by atoms with van der Waals surface area (Å²) < 4.78 is 40.1. The van der Waals surface area contributed by atoms with Gasteiger partial charge in [-0.1, -0.05) is 0 Å². The maximum Gasteiger partial charge on any atom is 0.271 e. The number of thiophene rings is 1. The van der Waals surface area contributed by atoms with Crippen LogP contribution in [-0.4, -0.2) is 8.42 Å². The van der Waals surface area contributed by atoms with Gasteiger partial charge in [0, 0.05) is 11.0 Å². The van der Waals surface area contributed by atoms with Crippen LogP contribution < -0.4 is 10.5 Å². The van der Waals surface area contributed by atoms with Gasteiger partial charge in [0.2, 0.25) is 0 Å². The molecule has 0 aliphatic carbocycles. The van der Waals surface area contributed by atoms with E-state index in [1.165, 1.54) is 24.3 Å². The number of rotatable bonds is 4. The fraction of sp³-hybridized carbons (Fsp3) is 0.0909. The molecule has 19 heavy (non-hydrogen) atoms. The minimum Gasteiger partial charge on any atom is -0.326 e. The first kappa shape index (κ1) is 14.4. The highest BCUT2D eigenvalue weighted by Gasteiger charge is 2.18. The normalized spacial score (nSPS) is 11.5. The second-order valence-electron chi connectivity index (χ2n) is 3.71. The van der Waals surface area contributed by atoms with Crippen LogP contribution in [0.15, 0.2) is 38.3 Å². The Morgan fingerprint density at radius 1 is 1.37 bits per heavy atom. The highest BCUT2D eigenvalue weighted by Crippen LogP contribution is 2.27. The molecule has 8 heteroatoms. The van der Waals surface area contributed by atoms with Crippen LogP contribution in [-0.2, 0) is 16.6 Å². The van der Waals surface area contributed by atoms with E-state index in [1.54, 1.807) is 5.38 Å². The number of sulfonamides is 1. The minimum absolute atomic E-state index is 0.171. The van der Waals surface area contributed by atoms with Crippen molar-refractivity contribution in [2.24, 2.45) is 5.73 Å². The molecule has 0 amide bonds. The van der Waals surface area contributed by atoms with Crippen molar-refractivity contribution in [1.82, 2.24) is 0 Å². The van der Waals surface area contributed by atoms with Crippen molar-refractivity contribution in [2.75, 3.05) is 4.72 Å². The summed E-state index contributed by atoms with van der Waals surface area (Å²) in [5.41, 5.74) is 6.48. The highest BCUT2D eigenvalue weighted by molar-refractivity contribution is 9.10. The number of hydrogen-bond donors (Lipinski definition) is 2. The maximum absolute atomic E-state index is 12.9. The van der Waals surface area contributed by atoms with E-state index in [9.17, 15) is 12.8 Å². The van der Waals surface area contributed by atoms with Crippen molar-refractivity contribution < 1.29 is 12.8 Å². The van der Waals surface area contributed by atoms with Crippen molar-refractivity contribution in [3.8, 4) is 0 Å². The third kappa shape index (κ3) is 3.33. The van der Waals surface area contributed by atoms with Crippen molar-refractivity contribution >= 4 is 43.0 Å². The smallest absolute Gasteiger partial charge is 0.271 e. The molecular weight excluding hydrogens is 355 g/mol. The van der Waals surface area contributed by atoms with Crippen molar-refractivity contribution in [3.63, 3.8) is 0 Å². The van der Waals surface area contributed by atoms with Gasteiger partial charge in [0.05, 0.1) is 5.69 Å². The molecule has 0 unspecified atom stereocenters. The predicted molar refractivity (Wildman–Crippen MR) is 77.1 cm³/mol. The van der Waals surface area contributed by atoms with Crippen LogP contribution in [0.2, 0.25) is 0 Å². The monoisotopic (exact) mass is 364 g/mol. The molecule has 2 aromatic rings. The molecule has 0 bridgehead atoms. The van der Waals surface area contributed by atoms with E-state index in [4.69, 9.17) is 5.73 Å². The van der Waals surface area contributed by atoms with E-state index in [1.807, 2.05) is 0 Å². The Morgan fingerprint density at radius 3 is 2.68 bits per heavy atom. The molecule has 0 aliphatic rings. The van der Waals surface area contributed by atoms with Crippen molar-refractivity contribution in [1.29, 1.82) is 0 Å². The number of halogens is 2.